The normalized spacial score (nSPS) is 12.3. The van der Waals surface area contributed by atoms with E-state index in [0.29, 0.717) is 0 Å². The van der Waals surface area contributed by atoms with E-state index in [1.54, 1.807) is 0 Å². The van der Waals surface area contributed by atoms with Gasteiger partial charge < -0.3 is 13.6 Å². The molecule has 5 aromatic heterocycles. The minimum Gasteiger partial charge on any atom is -0.452 e. The number of pyridine rings is 1. The molecular formula is C48H36N4O. The number of para-hydroxylation sites is 3. The molecule has 254 valence electrons. The van der Waals surface area contributed by atoms with Crippen LogP contribution in [0.25, 0.3) is 94.9 Å². The van der Waals surface area contributed by atoms with Gasteiger partial charge in [-0.2, -0.15) is 0 Å². The van der Waals surface area contributed by atoms with E-state index in [1.807, 2.05) is 18.3 Å². The predicted octanol–water partition coefficient (Wildman–Crippen LogP) is 12.9. The summed E-state index contributed by atoms with van der Waals surface area (Å²) in [5.74, 6) is 0.791. The number of fused-ring (bicyclic) bond motifs is 8. The van der Waals surface area contributed by atoms with Gasteiger partial charge in [0.05, 0.1) is 27.8 Å². The average Bonchev–Trinajstić information content (AvgIpc) is 3.93. The zero-order chi connectivity index (χ0) is 35.6. The summed E-state index contributed by atoms with van der Waals surface area (Å²) in [6.45, 7) is 8.30. The average molecular weight is 685 g/mol. The van der Waals surface area contributed by atoms with Crippen molar-refractivity contribution in [2.75, 3.05) is 0 Å². The van der Waals surface area contributed by atoms with Crippen molar-refractivity contribution in [3.8, 4) is 17.2 Å². The van der Waals surface area contributed by atoms with Crippen LogP contribution in [0, 0.1) is 6.92 Å². The van der Waals surface area contributed by atoms with Gasteiger partial charge in [0, 0.05) is 55.6 Å². The zero-order valence-corrected chi connectivity index (χ0v) is 29.6. The van der Waals surface area contributed by atoms with Crippen LogP contribution in [-0.4, -0.2) is 18.7 Å². The SMILES string of the molecule is C=C/C=C\c1cc2cc(-n3c4ccccc4c4ccccc43)ccc2n1-c1ccc2oc3c(-n4c(/C=C\CC)c(C)c5ccccc54)nccc3c2c1. The van der Waals surface area contributed by atoms with Crippen molar-refractivity contribution < 1.29 is 4.42 Å². The standard InChI is InChI=1S/C48H36N4O/c1-4-6-14-33-28-32-29-34(51-44-20-12-9-16-37(44)38-17-10-13-21-45(38)51)22-24-42(32)50(33)35-23-25-46-40(30-35)39-26-27-49-48(47(39)53-46)52-41(18-7-5-2)31(3)36-15-8-11-19-43(36)52/h4,6-30H,1,5H2,2-3H3/b14-6-,18-7-. The van der Waals surface area contributed by atoms with Crippen LogP contribution in [0.3, 0.4) is 0 Å². The van der Waals surface area contributed by atoms with Gasteiger partial charge in [0.1, 0.15) is 5.58 Å². The highest BCUT2D eigenvalue weighted by atomic mass is 16.3. The Morgan fingerprint density at radius 3 is 2.06 bits per heavy atom. The van der Waals surface area contributed by atoms with Crippen molar-refractivity contribution in [1.82, 2.24) is 18.7 Å². The van der Waals surface area contributed by atoms with Crippen LogP contribution in [0.2, 0.25) is 0 Å². The van der Waals surface area contributed by atoms with Crippen LogP contribution in [0.4, 0.5) is 0 Å². The van der Waals surface area contributed by atoms with Gasteiger partial charge in [0.2, 0.25) is 0 Å². The number of furan rings is 1. The predicted molar refractivity (Wildman–Crippen MR) is 223 cm³/mol. The van der Waals surface area contributed by atoms with Crippen LogP contribution in [-0.2, 0) is 0 Å². The summed E-state index contributed by atoms with van der Waals surface area (Å²) in [7, 11) is 0. The topological polar surface area (TPSA) is 40.8 Å². The first-order valence-corrected chi connectivity index (χ1v) is 18.2. The minimum absolute atomic E-state index is 0.770. The fourth-order valence-corrected chi connectivity index (χ4v) is 8.20. The van der Waals surface area contributed by atoms with E-state index < -0.39 is 0 Å². The third-order valence-electron chi connectivity index (χ3n) is 10.6. The third kappa shape index (κ3) is 4.67. The van der Waals surface area contributed by atoms with Crippen molar-refractivity contribution in [3.05, 3.63) is 169 Å². The van der Waals surface area contributed by atoms with Gasteiger partial charge in [-0.3, -0.25) is 4.57 Å². The molecule has 5 heteroatoms. The first-order chi connectivity index (χ1) is 26.1. The van der Waals surface area contributed by atoms with Crippen LogP contribution in [0.5, 0.6) is 0 Å². The van der Waals surface area contributed by atoms with E-state index in [-0.39, 0.29) is 0 Å². The van der Waals surface area contributed by atoms with E-state index in [2.05, 4.69) is 174 Å². The number of aromatic nitrogens is 4. The highest BCUT2D eigenvalue weighted by Gasteiger charge is 2.21. The molecule has 0 spiro atoms. The van der Waals surface area contributed by atoms with Crippen LogP contribution < -0.4 is 0 Å². The summed E-state index contributed by atoms with van der Waals surface area (Å²) < 4.78 is 13.6. The Morgan fingerprint density at radius 2 is 1.32 bits per heavy atom. The third-order valence-corrected chi connectivity index (χ3v) is 10.6. The van der Waals surface area contributed by atoms with Gasteiger partial charge in [-0.15, -0.1) is 0 Å². The molecule has 0 radical (unpaired) electrons. The van der Waals surface area contributed by atoms with Crippen LogP contribution in [0.1, 0.15) is 30.3 Å². The van der Waals surface area contributed by atoms with Crippen LogP contribution >= 0.6 is 0 Å². The molecule has 53 heavy (non-hydrogen) atoms. The second-order valence-corrected chi connectivity index (χ2v) is 13.6. The minimum atomic E-state index is 0.770. The smallest absolute Gasteiger partial charge is 0.181 e. The van der Waals surface area contributed by atoms with Crippen LogP contribution in [0.15, 0.2) is 157 Å². The summed E-state index contributed by atoms with van der Waals surface area (Å²) in [5, 5.41) is 6.94. The monoisotopic (exact) mass is 684 g/mol. The summed E-state index contributed by atoms with van der Waals surface area (Å²) >= 11 is 0. The fourth-order valence-electron chi connectivity index (χ4n) is 8.20. The van der Waals surface area contributed by atoms with Crippen molar-refractivity contribution >= 4 is 77.7 Å². The van der Waals surface area contributed by atoms with Gasteiger partial charge in [-0.1, -0.05) is 86.3 Å². The first-order valence-electron chi connectivity index (χ1n) is 18.2. The highest BCUT2D eigenvalue weighted by Crippen LogP contribution is 2.39. The summed E-state index contributed by atoms with van der Waals surface area (Å²) in [5.41, 5.74) is 11.8. The number of nitrogens with zero attached hydrogens (tertiary/aromatic N) is 4. The van der Waals surface area contributed by atoms with E-state index in [4.69, 9.17) is 9.40 Å². The molecule has 5 heterocycles. The quantitative estimate of drug-likeness (QED) is 0.157. The van der Waals surface area contributed by atoms with E-state index in [0.717, 1.165) is 73.4 Å². The largest absolute Gasteiger partial charge is 0.452 e. The molecule has 0 saturated heterocycles. The maximum absolute atomic E-state index is 6.69. The Kier molecular flexibility index (Phi) is 7.08. The molecule has 0 bridgehead atoms. The molecule has 10 rings (SSSR count). The van der Waals surface area contributed by atoms with E-state index >= 15 is 0 Å². The van der Waals surface area contributed by atoms with E-state index in [1.165, 1.54) is 32.8 Å². The molecular weight excluding hydrogens is 649 g/mol. The molecule has 10 aromatic rings. The zero-order valence-electron chi connectivity index (χ0n) is 29.6. The Bertz CT molecular complexity index is 3090. The molecule has 0 unspecified atom stereocenters. The lowest BCUT2D eigenvalue weighted by atomic mass is 10.1. The summed E-state index contributed by atoms with van der Waals surface area (Å²) in [6, 6.07) is 43.4. The summed E-state index contributed by atoms with van der Waals surface area (Å²) in [4.78, 5) is 4.94. The fraction of sp³-hybridized carbons (Fsp3) is 0.0625. The van der Waals surface area contributed by atoms with Crippen molar-refractivity contribution in [1.29, 1.82) is 0 Å². The number of aryl methyl sites for hydroxylation is 1. The molecule has 5 nitrogen and oxygen atoms in total. The second kappa shape index (κ2) is 12.1. The number of benzene rings is 5. The summed E-state index contributed by atoms with van der Waals surface area (Å²) in [6.07, 6.45) is 13.2. The molecule has 0 N–H and O–H groups in total. The first kappa shape index (κ1) is 30.9. The lowest BCUT2D eigenvalue weighted by Gasteiger charge is -2.11. The second-order valence-electron chi connectivity index (χ2n) is 13.6. The van der Waals surface area contributed by atoms with Gasteiger partial charge in [0.25, 0.3) is 0 Å². The maximum atomic E-state index is 6.69. The Balaban J connectivity index is 1.16. The Labute approximate surface area is 306 Å². The lowest BCUT2D eigenvalue weighted by molar-refractivity contribution is 0.662. The van der Waals surface area contributed by atoms with Gasteiger partial charge in [-0.25, -0.2) is 4.98 Å². The number of hydrogen-bond acceptors (Lipinski definition) is 2. The number of allylic oxidation sites excluding steroid dienone is 3. The lowest BCUT2D eigenvalue weighted by Crippen LogP contribution is -2.00. The highest BCUT2D eigenvalue weighted by molar-refractivity contribution is 6.10. The van der Waals surface area contributed by atoms with Crippen molar-refractivity contribution in [2.24, 2.45) is 0 Å². The maximum Gasteiger partial charge on any atom is 0.181 e. The molecule has 0 aliphatic carbocycles. The Hall–Kier alpha value is -6.85. The molecule has 0 fully saturated rings. The molecule has 0 amide bonds. The molecule has 0 aliphatic rings. The van der Waals surface area contributed by atoms with Crippen molar-refractivity contribution in [3.63, 3.8) is 0 Å². The van der Waals surface area contributed by atoms with Gasteiger partial charge >= 0.3 is 0 Å². The van der Waals surface area contributed by atoms with Gasteiger partial charge in [-0.05, 0) is 97.8 Å². The Morgan fingerprint density at radius 1 is 0.642 bits per heavy atom. The molecule has 0 atom stereocenters. The van der Waals surface area contributed by atoms with Crippen molar-refractivity contribution in [2.45, 2.75) is 20.3 Å². The van der Waals surface area contributed by atoms with Gasteiger partial charge in [0.15, 0.2) is 11.4 Å². The number of hydrogen-bond donors (Lipinski definition) is 0. The number of rotatable bonds is 7. The molecule has 5 aromatic carbocycles. The van der Waals surface area contributed by atoms with E-state index in [9.17, 15) is 0 Å². The molecule has 0 aliphatic heterocycles. The molecule has 0 saturated carbocycles.